The molecule has 0 aromatic carbocycles. The Morgan fingerprint density at radius 3 is 2.22 bits per heavy atom. The van der Waals surface area contributed by atoms with Gasteiger partial charge in [-0.3, -0.25) is 0 Å². The molecule has 0 radical (unpaired) electrons. The minimum absolute atomic E-state index is 0.119. The van der Waals surface area contributed by atoms with E-state index in [1.165, 1.54) is 19.9 Å². The van der Waals surface area contributed by atoms with Crippen LogP contribution in [-0.4, -0.2) is 28.9 Å². The van der Waals surface area contributed by atoms with Gasteiger partial charge in [-0.1, -0.05) is 12.8 Å². The van der Waals surface area contributed by atoms with Crippen molar-refractivity contribution in [1.29, 1.82) is 0 Å². The number of hydrogen-bond acceptors (Lipinski definition) is 5. The van der Waals surface area contributed by atoms with Crippen LogP contribution in [0.5, 0.6) is 0 Å². The molecular formula is C13H18O5. The van der Waals surface area contributed by atoms with Crippen molar-refractivity contribution < 1.29 is 24.2 Å². The highest BCUT2D eigenvalue weighted by atomic mass is 16.7. The first-order valence-corrected chi connectivity index (χ1v) is 6.25. The SMILES string of the molecule is CC1(C)OC(=O)C(=CC(O)C2CCCC2)C(=O)O1. The molecule has 0 amide bonds. The fraction of sp³-hybridized carbons (Fsp3) is 0.692. The van der Waals surface area contributed by atoms with Gasteiger partial charge < -0.3 is 14.6 Å². The maximum atomic E-state index is 11.7. The fourth-order valence-electron chi connectivity index (χ4n) is 2.40. The standard InChI is InChI=1S/C13H18O5/c1-13(2)17-11(15)9(12(16)18-13)7-10(14)8-5-3-4-6-8/h7-8,10,14H,3-6H2,1-2H3. The first-order chi connectivity index (χ1) is 8.39. The van der Waals surface area contributed by atoms with Gasteiger partial charge in [0.15, 0.2) is 0 Å². The van der Waals surface area contributed by atoms with Crippen molar-refractivity contribution in [2.45, 2.75) is 51.4 Å². The molecule has 2 rings (SSSR count). The number of esters is 2. The zero-order chi connectivity index (χ0) is 13.3. The predicted octanol–water partition coefficient (Wildman–Crippen LogP) is 1.30. The molecule has 1 heterocycles. The van der Waals surface area contributed by atoms with E-state index in [1.807, 2.05) is 0 Å². The van der Waals surface area contributed by atoms with E-state index in [1.54, 1.807) is 0 Å². The van der Waals surface area contributed by atoms with Crippen LogP contribution in [0.3, 0.4) is 0 Å². The second-order valence-corrected chi connectivity index (χ2v) is 5.29. The molecule has 1 atom stereocenters. The van der Waals surface area contributed by atoms with Crippen molar-refractivity contribution in [3.05, 3.63) is 11.6 Å². The molecule has 1 aliphatic heterocycles. The summed E-state index contributed by atoms with van der Waals surface area (Å²) >= 11 is 0. The van der Waals surface area contributed by atoms with Crippen LogP contribution in [0.4, 0.5) is 0 Å². The lowest BCUT2D eigenvalue weighted by Gasteiger charge is -2.30. The van der Waals surface area contributed by atoms with E-state index >= 15 is 0 Å². The van der Waals surface area contributed by atoms with Crippen LogP contribution in [0, 0.1) is 5.92 Å². The summed E-state index contributed by atoms with van der Waals surface area (Å²) in [4.78, 5) is 23.3. The maximum absolute atomic E-state index is 11.7. The zero-order valence-corrected chi connectivity index (χ0v) is 10.6. The maximum Gasteiger partial charge on any atom is 0.348 e. The number of aliphatic hydroxyl groups excluding tert-OH is 1. The summed E-state index contributed by atoms with van der Waals surface area (Å²) in [5.74, 6) is -2.57. The minimum Gasteiger partial charge on any atom is -0.419 e. The molecule has 100 valence electrons. The third-order valence-electron chi connectivity index (χ3n) is 3.34. The number of carbonyl (C=O) groups excluding carboxylic acids is 2. The second-order valence-electron chi connectivity index (χ2n) is 5.29. The van der Waals surface area contributed by atoms with E-state index < -0.39 is 23.8 Å². The summed E-state index contributed by atoms with van der Waals surface area (Å²) in [7, 11) is 0. The summed E-state index contributed by atoms with van der Waals surface area (Å²) in [6, 6.07) is 0. The largest absolute Gasteiger partial charge is 0.419 e. The lowest BCUT2D eigenvalue weighted by Crippen LogP contribution is -2.42. The zero-order valence-electron chi connectivity index (χ0n) is 10.6. The molecule has 5 nitrogen and oxygen atoms in total. The number of hydrogen-bond donors (Lipinski definition) is 1. The van der Waals surface area contributed by atoms with E-state index in [0.717, 1.165) is 25.7 Å². The van der Waals surface area contributed by atoms with E-state index in [-0.39, 0.29) is 11.5 Å². The van der Waals surface area contributed by atoms with Crippen LogP contribution in [0.2, 0.25) is 0 Å². The first-order valence-electron chi connectivity index (χ1n) is 6.25. The van der Waals surface area contributed by atoms with Crippen molar-refractivity contribution in [3.63, 3.8) is 0 Å². The molecule has 1 aliphatic carbocycles. The number of carbonyl (C=O) groups is 2. The Morgan fingerprint density at radius 1 is 1.22 bits per heavy atom. The molecule has 1 unspecified atom stereocenters. The van der Waals surface area contributed by atoms with Gasteiger partial charge in [0.25, 0.3) is 5.79 Å². The van der Waals surface area contributed by atoms with Gasteiger partial charge in [-0.15, -0.1) is 0 Å². The summed E-state index contributed by atoms with van der Waals surface area (Å²) in [6.07, 6.45) is 4.47. The van der Waals surface area contributed by atoms with E-state index in [9.17, 15) is 14.7 Å². The van der Waals surface area contributed by atoms with Gasteiger partial charge in [0.05, 0.1) is 6.10 Å². The van der Waals surface area contributed by atoms with Crippen LogP contribution in [0.25, 0.3) is 0 Å². The van der Waals surface area contributed by atoms with E-state index in [4.69, 9.17) is 9.47 Å². The van der Waals surface area contributed by atoms with E-state index in [0.29, 0.717) is 0 Å². The molecule has 0 aromatic heterocycles. The molecule has 0 bridgehead atoms. The van der Waals surface area contributed by atoms with Crippen molar-refractivity contribution >= 4 is 11.9 Å². The van der Waals surface area contributed by atoms with Gasteiger partial charge in [0.2, 0.25) is 0 Å². The summed E-state index contributed by atoms with van der Waals surface area (Å²) in [5.41, 5.74) is -0.200. The average Bonchev–Trinajstić information content (AvgIpc) is 2.75. The normalized spacial score (nSPS) is 25.6. The van der Waals surface area contributed by atoms with Gasteiger partial charge in [0.1, 0.15) is 5.57 Å². The molecule has 0 aromatic rings. The van der Waals surface area contributed by atoms with Gasteiger partial charge >= 0.3 is 11.9 Å². The van der Waals surface area contributed by atoms with Crippen molar-refractivity contribution in [2.24, 2.45) is 5.92 Å². The fourth-order valence-corrected chi connectivity index (χ4v) is 2.40. The van der Waals surface area contributed by atoms with Gasteiger partial charge in [0, 0.05) is 13.8 Å². The second kappa shape index (κ2) is 4.72. The number of cyclic esters (lactones) is 2. The Labute approximate surface area is 106 Å². The highest BCUT2D eigenvalue weighted by Crippen LogP contribution is 2.30. The Morgan fingerprint density at radius 2 is 1.72 bits per heavy atom. The first kappa shape index (κ1) is 13.1. The highest BCUT2D eigenvalue weighted by molar-refractivity contribution is 6.15. The Balaban J connectivity index is 2.12. The lowest BCUT2D eigenvalue weighted by atomic mass is 9.98. The topological polar surface area (TPSA) is 72.8 Å². The summed E-state index contributed by atoms with van der Waals surface area (Å²) in [5, 5.41) is 9.97. The molecule has 1 N–H and O–H groups in total. The van der Waals surface area contributed by atoms with Crippen LogP contribution < -0.4 is 0 Å². The van der Waals surface area contributed by atoms with Crippen LogP contribution in [-0.2, 0) is 19.1 Å². The molecule has 18 heavy (non-hydrogen) atoms. The highest BCUT2D eigenvalue weighted by Gasteiger charge is 2.39. The monoisotopic (exact) mass is 254 g/mol. The van der Waals surface area contributed by atoms with Crippen LogP contribution >= 0.6 is 0 Å². The Kier molecular flexibility index (Phi) is 3.43. The third-order valence-corrected chi connectivity index (χ3v) is 3.34. The van der Waals surface area contributed by atoms with Crippen LogP contribution in [0.1, 0.15) is 39.5 Å². The predicted molar refractivity (Wildman–Crippen MR) is 62.3 cm³/mol. The molecule has 5 heteroatoms. The summed E-state index contributed by atoms with van der Waals surface area (Å²) < 4.78 is 9.92. The smallest absolute Gasteiger partial charge is 0.348 e. The van der Waals surface area contributed by atoms with Crippen molar-refractivity contribution in [1.82, 2.24) is 0 Å². The molecule has 0 spiro atoms. The van der Waals surface area contributed by atoms with Crippen molar-refractivity contribution in [3.8, 4) is 0 Å². The molecule has 2 aliphatic rings. The van der Waals surface area contributed by atoms with Crippen molar-refractivity contribution in [2.75, 3.05) is 0 Å². The quantitative estimate of drug-likeness (QED) is 0.457. The summed E-state index contributed by atoms with van der Waals surface area (Å²) in [6.45, 7) is 2.99. The van der Waals surface area contributed by atoms with Crippen LogP contribution in [0.15, 0.2) is 11.6 Å². The van der Waals surface area contributed by atoms with Gasteiger partial charge in [-0.2, -0.15) is 0 Å². The average molecular weight is 254 g/mol. The molecular weight excluding hydrogens is 236 g/mol. The Hall–Kier alpha value is -1.36. The minimum atomic E-state index is -1.23. The van der Waals surface area contributed by atoms with Gasteiger partial charge in [-0.05, 0) is 24.8 Å². The Bertz CT molecular complexity index is 368. The molecule has 2 fully saturated rings. The molecule has 1 saturated carbocycles. The number of rotatable bonds is 2. The van der Waals surface area contributed by atoms with Gasteiger partial charge in [-0.25, -0.2) is 9.59 Å². The number of aliphatic hydroxyl groups is 1. The molecule has 1 saturated heterocycles. The third kappa shape index (κ3) is 2.72. The lowest BCUT2D eigenvalue weighted by molar-refractivity contribution is -0.222. The number of ether oxygens (including phenoxy) is 2. The van der Waals surface area contributed by atoms with E-state index in [2.05, 4.69) is 0 Å².